The third-order valence-corrected chi connectivity index (χ3v) is 4.97. The van der Waals surface area contributed by atoms with Gasteiger partial charge in [0.1, 0.15) is 10.6 Å². The van der Waals surface area contributed by atoms with Gasteiger partial charge in [-0.25, -0.2) is 13.2 Å². The predicted molar refractivity (Wildman–Crippen MR) is 84.9 cm³/mol. The van der Waals surface area contributed by atoms with Crippen LogP contribution in [0, 0.1) is 0 Å². The minimum absolute atomic E-state index is 0.0160. The highest BCUT2D eigenvalue weighted by Crippen LogP contribution is 2.36. The lowest BCUT2D eigenvalue weighted by Crippen LogP contribution is -2.14. The molecule has 0 radical (unpaired) electrons. The number of carbonyl (C=O) groups is 1. The Hall–Kier alpha value is -2.25. The van der Waals surface area contributed by atoms with E-state index in [-0.39, 0.29) is 21.9 Å². The fourth-order valence-electron chi connectivity index (χ4n) is 2.36. The summed E-state index contributed by atoms with van der Waals surface area (Å²) in [6, 6.07) is 8.53. The van der Waals surface area contributed by atoms with Crippen LogP contribution in [-0.2, 0) is 16.4 Å². The van der Waals surface area contributed by atoms with Gasteiger partial charge in [0.15, 0.2) is 0 Å². The van der Waals surface area contributed by atoms with Gasteiger partial charge < -0.3 is 9.84 Å². The molecule has 0 fully saturated rings. The lowest BCUT2D eigenvalue weighted by molar-refractivity contribution is 0.0697. The number of nitrogens with one attached hydrogen (secondary N) is 1. The molecular weight excluding hydrogens is 342 g/mol. The molecule has 23 heavy (non-hydrogen) atoms. The number of fused-ring (bicyclic) bond motifs is 1. The minimum Gasteiger partial charge on any atom is -0.492 e. The molecule has 2 aromatic carbocycles. The second-order valence-electron chi connectivity index (χ2n) is 4.98. The molecule has 0 unspecified atom stereocenters. The molecule has 2 aromatic rings. The number of rotatable bonds is 4. The van der Waals surface area contributed by atoms with E-state index in [1.807, 2.05) is 0 Å². The Morgan fingerprint density at radius 2 is 2.04 bits per heavy atom. The molecule has 8 heteroatoms. The molecule has 0 bridgehead atoms. The smallest absolute Gasteiger partial charge is 0.335 e. The van der Waals surface area contributed by atoms with Crippen LogP contribution >= 0.6 is 11.6 Å². The summed E-state index contributed by atoms with van der Waals surface area (Å²) < 4.78 is 33.0. The number of ether oxygens (including phenoxy) is 1. The fraction of sp³-hybridized carbons (Fsp3) is 0.133. The first-order valence-electron chi connectivity index (χ1n) is 6.68. The van der Waals surface area contributed by atoms with Crippen molar-refractivity contribution in [1.82, 2.24) is 0 Å². The standard InChI is InChI=1S/C15H12ClNO5S/c16-11-6-9-4-5-22-14(9)13(8-11)23(20,21)17-12-3-1-2-10(7-12)15(18)19/h1-3,6-8,17H,4-5H2,(H,18,19). The van der Waals surface area contributed by atoms with Gasteiger partial charge in [-0.1, -0.05) is 17.7 Å². The topological polar surface area (TPSA) is 92.7 Å². The maximum Gasteiger partial charge on any atom is 0.335 e. The van der Waals surface area contributed by atoms with E-state index in [9.17, 15) is 13.2 Å². The van der Waals surface area contributed by atoms with Crippen LogP contribution in [0.25, 0.3) is 0 Å². The summed E-state index contributed by atoms with van der Waals surface area (Å²) in [5.74, 6) is -0.852. The van der Waals surface area contributed by atoms with E-state index in [0.29, 0.717) is 18.1 Å². The third-order valence-electron chi connectivity index (χ3n) is 3.37. The van der Waals surface area contributed by atoms with Gasteiger partial charge in [0.25, 0.3) is 10.0 Å². The molecule has 0 aromatic heterocycles. The zero-order chi connectivity index (χ0) is 16.6. The first kappa shape index (κ1) is 15.6. The predicted octanol–water partition coefficient (Wildman–Crippen LogP) is 2.77. The summed E-state index contributed by atoms with van der Waals surface area (Å²) in [7, 11) is -3.96. The maximum atomic E-state index is 12.6. The van der Waals surface area contributed by atoms with E-state index < -0.39 is 16.0 Å². The van der Waals surface area contributed by atoms with Crippen molar-refractivity contribution in [2.24, 2.45) is 0 Å². The highest BCUT2D eigenvalue weighted by Gasteiger charge is 2.26. The van der Waals surface area contributed by atoms with Crippen molar-refractivity contribution in [3.63, 3.8) is 0 Å². The quantitative estimate of drug-likeness (QED) is 0.881. The van der Waals surface area contributed by atoms with E-state index >= 15 is 0 Å². The lowest BCUT2D eigenvalue weighted by Gasteiger charge is -2.12. The van der Waals surface area contributed by atoms with Crippen molar-refractivity contribution >= 4 is 33.3 Å². The number of carboxylic acids is 1. The van der Waals surface area contributed by atoms with Crippen LogP contribution in [0.2, 0.25) is 5.02 Å². The van der Waals surface area contributed by atoms with E-state index in [0.717, 1.165) is 5.56 Å². The first-order valence-corrected chi connectivity index (χ1v) is 8.54. The average molecular weight is 354 g/mol. The Bertz CT molecular complexity index is 895. The van der Waals surface area contributed by atoms with Crippen LogP contribution in [0.15, 0.2) is 41.3 Å². The lowest BCUT2D eigenvalue weighted by atomic mass is 10.2. The zero-order valence-electron chi connectivity index (χ0n) is 11.7. The SMILES string of the molecule is O=C(O)c1cccc(NS(=O)(=O)c2cc(Cl)cc3c2OCC3)c1. The summed E-state index contributed by atoms with van der Waals surface area (Å²) >= 11 is 5.98. The molecule has 0 amide bonds. The molecule has 3 rings (SSSR count). The Morgan fingerprint density at radius 1 is 1.26 bits per heavy atom. The molecular formula is C15H12ClNO5S. The maximum absolute atomic E-state index is 12.6. The molecule has 0 saturated carbocycles. The van der Waals surface area contributed by atoms with Crippen molar-refractivity contribution in [2.45, 2.75) is 11.3 Å². The van der Waals surface area contributed by atoms with Crippen molar-refractivity contribution in [1.29, 1.82) is 0 Å². The monoisotopic (exact) mass is 353 g/mol. The van der Waals surface area contributed by atoms with Crippen LogP contribution in [-0.4, -0.2) is 26.1 Å². The number of carboxylic acid groups (broad SMARTS) is 1. The molecule has 1 heterocycles. The Labute approximate surface area is 137 Å². The summed E-state index contributed by atoms with van der Waals surface area (Å²) in [5.41, 5.74) is 0.867. The second-order valence-corrected chi connectivity index (χ2v) is 7.07. The van der Waals surface area contributed by atoms with Crippen LogP contribution in [0.1, 0.15) is 15.9 Å². The molecule has 2 N–H and O–H groups in total. The largest absolute Gasteiger partial charge is 0.492 e. The van der Waals surface area contributed by atoms with Crippen molar-refractivity contribution in [3.05, 3.63) is 52.5 Å². The van der Waals surface area contributed by atoms with E-state index in [1.165, 1.54) is 30.3 Å². The van der Waals surface area contributed by atoms with Crippen molar-refractivity contribution in [3.8, 4) is 5.75 Å². The molecule has 1 aliphatic rings. The van der Waals surface area contributed by atoms with Gasteiger partial charge in [0.2, 0.25) is 0 Å². The number of hydrogen-bond acceptors (Lipinski definition) is 4. The summed E-state index contributed by atoms with van der Waals surface area (Å²) in [5, 5.41) is 9.27. The number of halogens is 1. The second kappa shape index (κ2) is 5.75. The molecule has 0 spiro atoms. The van der Waals surface area contributed by atoms with Gasteiger partial charge >= 0.3 is 5.97 Å². The summed E-state index contributed by atoms with van der Waals surface area (Å²) in [6.07, 6.45) is 0.590. The average Bonchev–Trinajstić information content (AvgIpc) is 2.94. The molecule has 120 valence electrons. The number of aromatic carboxylic acids is 1. The van der Waals surface area contributed by atoms with Gasteiger partial charge in [-0.15, -0.1) is 0 Å². The molecule has 0 saturated heterocycles. The van der Waals surface area contributed by atoms with Crippen LogP contribution in [0.3, 0.4) is 0 Å². The number of anilines is 1. The summed E-state index contributed by atoms with van der Waals surface area (Å²) in [4.78, 5) is 10.9. The molecule has 0 atom stereocenters. The van der Waals surface area contributed by atoms with E-state index in [2.05, 4.69) is 4.72 Å². The van der Waals surface area contributed by atoms with Crippen LogP contribution < -0.4 is 9.46 Å². The fourth-order valence-corrected chi connectivity index (χ4v) is 3.93. The Morgan fingerprint density at radius 3 is 2.78 bits per heavy atom. The zero-order valence-corrected chi connectivity index (χ0v) is 13.3. The van der Waals surface area contributed by atoms with Gasteiger partial charge in [-0.05, 0) is 30.3 Å². The van der Waals surface area contributed by atoms with E-state index in [1.54, 1.807) is 6.07 Å². The highest BCUT2D eigenvalue weighted by atomic mass is 35.5. The minimum atomic E-state index is -3.96. The van der Waals surface area contributed by atoms with Gasteiger partial charge in [0.05, 0.1) is 12.2 Å². The number of benzene rings is 2. The van der Waals surface area contributed by atoms with Crippen LogP contribution in [0.5, 0.6) is 5.75 Å². The molecule has 6 nitrogen and oxygen atoms in total. The number of hydrogen-bond donors (Lipinski definition) is 2. The Kier molecular flexibility index (Phi) is 3.91. The normalized spacial score (nSPS) is 13.3. The van der Waals surface area contributed by atoms with Gasteiger partial charge in [0, 0.05) is 22.7 Å². The van der Waals surface area contributed by atoms with Crippen LogP contribution in [0.4, 0.5) is 5.69 Å². The van der Waals surface area contributed by atoms with Gasteiger partial charge in [-0.2, -0.15) is 0 Å². The number of sulfonamides is 1. The third kappa shape index (κ3) is 3.11. The molecule has 0 aliphatic carbocycles. The van der Waals surface area contributed by atoms with Crippen molar-refractivity contribution in [2.75, 3.05) is 11.3 Å². The molecule has 1 aliphatic heterocycles. The first-order chi connectivity index (χ1) is 10.9. The highest BCUT2D eigenvalue weighted by molar-refractivity contribution is 7.92. The van der Waals surface area contributed by atoms with Crippen molar-refractivity contribution < 1.29 is 23.1 Å². The Balaban J connectivity index is 2.00. The van der Waals surface area contributed by atoms with E-state index in [4.69, 9.17) is 21.4 Å². The van der Waals surface area contributed by atoms with Gasteiger partial charge in [-0.3, -0.25) is 4.72 Å². The summed E-state index contributed by atoms with van der Waals surface area (Å²) in [6.45, 7) is 0.396.